The molecule has 0 aliphatic heterocycles. The van der Waals surface area contributed by atoms with E-state index in [0.29, 0.717) is 6.54 Å². The van der Waals surface area contributed by atoms with Crippen molar-refractivity contribution in [3.63, 3.8) is 0 Å². The van der Waals surface area contributed by atoms with Gasteiger partial charge in [-0.2, -0.15) is 0 Å². The zero-order valence-electron chi connectivity index (χ0n) is 11.9. The Morgan fingerprint density at radius 1 is 1.37 bits per heavy atom. The minimum absolute atomic E-state index is 0.311. The van der Waals surface area contributed by atoms with E-state index in [9.17, 15) is 4.79 Å². The van der Waals surface area contributed by atoms with Crippen LogP contribution in [0.2, 0.25) is 0 Å². The number of hydrogen-bond donors (Lipinski definition) is 1. The Morgan fingerprint density at radius 2 is 2.11 bits per heavy atom. The van der Waals surface area contributed by atoms with Gasteiger partial charge in [-0.15, -0.1) is 0 Å². The summed E-state index contributed by atoms with van der Waals surface area (Å²) in [6, 6.07) is 6.74. The van der Waals surface area contributed by atoms with Crippen molar-refractivity contribution in [2.45, 2.75) is 39.7 Å². The van der Waals surface area contributed by atoms with Crippen LogP contribution in [-0.2, 0) is 24.2 Å². The Morgan fingerprint density at radius 3 is 2.79 bits per heavy atom. The summed E-state index contributed by atoms with van der Waals surface area (Å²) in [4.78, 5) is 13.1. The zero-order chi connectivity index (χ0) is 13.8. The minimum atomic E-state index is -0.715. The molecule has 1 aromatic rings. The van der Waals surface area contributed by atoms with Crippen molar-refractivity contribution in [2.75, 3.05) is 13.1 Å². The number of carboxylic acid groups (broad SMARTS) is 1. The average Bonchev–Trinajstić information content (AvgIpc) is 2.85. The Hall–Kier alpha value is -1.35. The number of rotatable bonds is 6. The van der Waals surface area contributed by atoms with Crippen molar-refractivity contribution in [3.05, 3.63) is 34.9 Å². The second-order valence-electron chi connectivity index (χ2n) is 5.52. The summed E-state index contributed by atoms with van der Waals surface area (Å²) in [5.74, 6) is -1.03. The number of carboxylic acids is 1. The van der Waals surface area contributed by atoms with Gasteiger partial charge in [-0.25, -0.2) is 0 Å². The molecule has 0 saturated carbocycles. The third kappa shape index (κ3) is 3.57. The van der Waals surface area contributed by atoms with Crippen LogP contribution >= 0.6 is 0 Å². The molecular weight excluding hydrogens is 238 g/mol. The van der Waals surface area contributed by atoms with Gasteiger partial charge in [-0.3, -0.25) is 9.69 Å². The summed E-state index contributed by atoms with van der Waals surface area (Å²) in [6.45, 7) is 6.20. The van der Waals surface area contributed by atoms with Gasteiger partial charge in [-0.1, -0.05) is 32.0 Å². The first-order valence-electron chi connectivity index (χ1n) is 7.16. The molecule has 0 heterocycles. The lowest BCUT2D eigenvalue weighted by Crippen LogP contribution is -2.31. The summed E-state index contributed by atoms with van der Waals surface area (Å²) < 4.78 is 0. The average molecular weight is 261 g/mol. The molecule has 1 atom stereocenters. The molecule has 0 radical (unpaired) electrons. The van der Waals surface area contributed by atoms with Gasteiger partial charge in [0.2, 0.25) is 0 Å². The van der Waals surface area contributed by atoms with Crippen LogP contribution in [0.3, 0.4) is 0 Å². The van der Waals surface area contributed by atoms with Crippen molar-refractivity contribution in [2.24, 2.45) is 5.92 Å². The second-order valence-corrected chi connectivity index (χ2v) is 5.52. The van der Waals surface area contributed by atoms with Gasteiger partial charge >= 0.3 is 5.97 Å². The predicted molar refractivity (Wildman–Crippen MR) is 76.2 cm³/mol. The van der Waals surface area contributed by atoms with E-state index in [0.717, 1.165) is 13.1 Å². The van der Waals surface area contributed by atoms with Gasteiger partial charge in [-0.05, 0) is 42.5 Å². The molecule has 0 spiro atoms. The maximum atomic E-state index is 10.9. The molecule has 104 valence electrons. The van der Waals surface area contributed by atoms with Crippen LogP contribution in [0.25, 0.3) is 0 Å². The maximum absolute atomic E-state index is 10.9. The lowest BCUT2D eigenvalue weighted by molar-refractivity contribution is -0.141. The molecular formula is C16H23NO2. The normalized spacial score (nSPS) is 15.5. The minimum Gasteiger partial charge on any atom is -0.481 e. The molecule has 0 amide bonds. The molecule has 3 heteroatoms. The van der Waals surface area contributed by atoms with Crippen molar-refractivity contribution in [3.8, 4) is 0 Å². The van der Waals surface area contributed by atoms with E-state index < -0.39 is 5.97 Å². The Labute approximate surface area is 115 Å². The Kier molecular flexibility index (Phi) is 4.59. The first kappa shape index (κ1) is 14.1. The first-order valence-corrected chi connectivity index (χ1v) is 7.16. The molecule has 19 heavy (non-hydrogen) atoms. The SMILES string of the molecule is CCN(Cc1ccc2c(c1)CCC2)CC(C)C(=O)O. The summed E-state index contributed by atoms with van der Waals surface area (Å²) in [6.07, 6.45) is 3.68. The van der Waals surface area contributed by atoms with Crippen molar-refractivity contribution in [1.29, 1.82) is 0 Å². The molecule has 0 bridgehead atoms. The highest BCUT2D eigenvalue weighted by atomic mass is 16.4. The number of benzene rings is 1. The largest absolute Gasteiger partial charge is 0.481 e. The van der Waals surface area contributed by atoms with Crippen molar-refractivity contribution in [1.82, 2.24) is 4.90 Å². The standard InChI is InChI=1S/C16H23NO2/c1-3-17(10-12(2)16(18)19)11-13-7-8-14-5-4-6-15(14)9-13/h7-9,12H,3-6,10-11H2,1-2H3,(H,18,19). The van der Waals surface area contributed by atoms with Crippen LogP contribution < -0.4 is 0 Å². The van der Waals surface area contributed by atoms with Gasteiger partial charge in [0, 0.05) is 13.1 Å². The molecule has 0 fully saturated rings. The smallest absolute Gasteiger partial charge is 0.307 e. The molecule has 1 aliphatic rings. The van der Waals surface area contributed by atoms with E-state index >= 15 is 0 Å². The zero-order valence-corrected chi connectivity index (χ0v) is 11.9. The lowest BCUT2D eigenvalue weighted by atomic mass is 10.1. The molecule has 1 unspecified atom stereocenters. The highest BCUT2D eigenvalue weighted by molar-refractivity contribution is 5.69. The molecule has 2 rings (SSSR count). The van der Waals surface area contributed by atoms with Gasteiger partial charge in [0.25, 0.3) is 0 Å². The number of carbonyl (C=O) groups is 1. The third-order valence-electron chi connectivity index (χ3n) is 3.97. The Bertz CT molecular complexity index is 456. The topological polar surface area (TPSA) is 40.5 Å². The molecule has 3 nitrogen and oxygen atoms in total. The van der Waals surface area contributed by atoms with E-state index in [2.05, 4.69) is 30.0 Å². The third-order valence-corrected chi connectivity index (χ3v) is 3.97. The van der Waals surface area contributed by atoms with Crippen LogP contribution in [0.15, 0.2) is 18.2 Å². The highest BCUT2D eigenvalue weighted by Crippen LogP contribution is 2.23. The van der Waals surface area contributed by atoms with E-state index in [1.807, 2.05) is 0 Å². The van der Waals surface area contributed by atoms with Crippen molar-refractivity contribution >= 4 is 5.97 Å². The molecule has 1 aromatic carbocycles. The Balaban J connectivity index is 2.00. The fraction of sp³-hybridized carbons (Fsp3) is 0.562. The summed E-state index contributed by atoms with van der Waals surface area (Å²) in [5.41, 5.74) is 4.28. The van der Waals surface area contributed by atoms with Gasteiger partial charge in [0.15, 0.2) is 0 Å². The quantitative estimate of drug-likeness (QED) is 0.856. The van der Waals surface area contributed by atoms with Gasteiger partial charge in [0.1, 0.15) is 0 Å². The highest BCUT2D eigenvalue weighted by Gasteiger charge is 2.16. The van der Waals surface area contributed by atoms with Crippen LogP contribution in [0.5, 0.6) is 0 Å². The van der Waals surface area contributed by atoms with Crippen LogP contribution in [0.4, 0.5) is 0 Å². The van der Waals surface area contributed by atoms with Crippen LogP contribution in [0.1, 0.15) is 37.0 Å². The number of hydrogen-bond acceptors (Lipinski definition) is 2. The van der Waals surface area contributed by atoms with Gasteiger partial charge < -0.3 is 5.11 Å². The summed E-state index contributed by atoms with van der Waals surface area (Å²) >= 11 is 0. The number of fused-ring (bicyclic) bond motifs is 1. The predicted octanol–water partition coefficient (Wildman–Crippen LogP) is 2.72. The molecule has 1 N–H and O–H groups in total. The number of aryl methyl sites for hydroxylation is 2. The fourth-order valence-corrected chi connectivity index (χ4v) is 2.75. The van der Waals surface area contributed by atoms with Crippen LogP contribution in [-0.4, -0.2) is 29.1 Å². The number of nitrogens with zero attached hydrogens (tertiary/aromatic N) is 1. The monoisotopic (exact) mass is 261 g/mol. The van der Waals surface area contributed by atoms with E-state index in [-0.39, 0.29) is 5.92 Å². The summed E-state index contributed by atoms with van der Waals surface area (Å²) in [7, 11) is 0. The van der Waals surface area contributed by atoms with E-state index in [4.69, 9.17) is 5.11 Å². The van der Waals surface area contributed by atoms with E-state index in [1.54, 1.807) is 6.92 Å². The second kappa shape index (κ2) is 6.20. The molecule has 0 saturated heterocycles. The van der Waals surface area contributed by atoms with Crippen LogP contribution in [0, 0.1) is 5.92 Å². The van der Waals surface area contributed by atoms with Gasteiger partial charge in [0.05, 0.1) is 5.92 Å². The maximum Gasteiger partial charge on any atom is 0.307 e. The first-order chi connectivity index (χ1) is 9.10. The van der Waals surface area contributed by atoms with E-state index in [1.165, 1.54) is 36.0 Å². The van der Waals surface area contributed by atoms with Crippen molar-refractivity contribution < 1.29 is 9.90 Å². The molecule has 0 aromatic heterocycles. The molecule has 1 aliphatic carbocycles. The number of aliphatic carboxylic acids is 1. The summed E-state index contributed by atoms with van der Waals surface area (Å²) in [5, 5.41) is 8.99. The fourth-order valence-electron chi connectivity index (χ4n) is 2.75. The lowest BCUT2D eigenvalue weighted by Gasteiger charge is -2.22.